The molecular formula is C16H12ClN5. The third-order valence-corrected chi connectivity index (χ3v) is 3.83. The lowest BCUT2D eigenvalue weighted by molar-refractivity contribution is 1.09. The number of hydrogen-bond acceptors (Lipinski definition) is 4. The lowest BCUT2D eigenvalue weighted by atomic mass is 10.2. The van der Waals surface area contributed by atoms with Crippen molar-refractivity contribution in [1.29, 1.82) is 0 Å². The lowest BCUT2D eigenvalue weighted by Crippen LogP contribution is -2.02. The van der Waals surface area contributed by atoms with Crippen molar-refractivity contribution in [3.8, 4) is 0 Å². The summed E-state index contributed by atoms with van der Waals surface area (Å²) in [6, 6.07) is 13.7. The van der Waals surface area contributed by atoms with E-state index in [1.54, 1.807) is 6.33 Å². The molecule has 0 aliphatic rings. The van der Waals surface area contributed by atoms with E-state index in [1.165, 1.54) is 0 Å². The highest BCUT2D eigenvalue weighted by atomic mass is 35.5. The van der Waals surface area contributed by atoms with E-state index in [2.05, 4.69) is 20.5 Å². The van der Waals surface area contributed by atoms with Crippen LogP contribution in [0.1, 0.15) is 5.56 Å². The van der Waals surface area contributed by atoms with Crippen molar-refractivity contribution in [2.75, 3.05) is 5.32 Å². The molecule has 0 amide bonds. The van der Waals surface area contributed by atoms with E-state index in [0.29, 0.717) is 11.0 Å². The van der Waals surface area contributed by atoms with Crippen molar-refractivity contribution in [1.82, 2.24) is 19.6 Å². The summed E-state index contributed by atoms with van der Waals surface area (Å²) in [4.78, 5) is 4.65. The summed E-state index contributed by atoms with van der Waals surface area (Å²) in [6.45, 7) is 2.00. The van der Waals surface area contributed by atoms with Crippen molar-refractivity contribution >= 4 is 39.8 Å². The first-order chi connectivity index (χ1) is 10.7. The fourth-order valence-electron chi connectivity index (χ4n) is 2.43. The smallest absolute Gasteiger partial charge is 0.215 e. The number of nitrogens with one attached hydrogen (secondary N) is 1. The van der Waals surface area contributed by atoms with Gasteiger partial charge in [-0.1, -0.05) is 29.8 Å². The monoisotopic (exact) mass is 309 g/mol. The highest BCUT2D eigenvalue weighted by Crippen LogP contribution is 2.27. The van der Waals surface area contributed by atoms with Crippen LogP contribution in [0.2, 0.25) is 5.02 Å². The van der Waals surface area contributed by atoms with Crippen LogP contribution in [0.15, 0.2) is 48.8 Å². The second-order valence-electron chi connectivity index (χ2n) is 5.09. The van der Waals surface area contributed by atoms with E-state index in [1.807, 2.05) is 53.8 Å². The van der Waals surface area contributed by atoms with Crippen LogP contribution in [0.3, 0.4) is 0 Å². The predicted octanol–water partition coefficient (Wildman–Crippen LogP) is 3.98. The van der Waals surface area contributed by atoms with Crippen LogP contribution in [0, 0.1) is 6.92 Å². The average Bonchev–Trinajstić information content (AvgIpc) is 3.00. The van der Waals surface area contributed by atoms with E-state index in [-0.39, 0.29) is 0 Å². The summed E-state index contributed by atoms with van der Waals surface area (Å²) < 4.78 is 1.82. The molecule has 2 aromatic heterocycles. The van der Waals surface area contributed by atoms with Gasteiger partial charge in [-0.3, -0.25) is 4.40 Å². The van der Waals surface area contributed by atoms with Gasteiger partial charge >= 0.3 is 0 Å². The Morgan fingerprint density at radius 3 is 2.86 bits per heavy atom. The van der Waals surface area contributed by atoms with Gasteiger partial charge in [0.05, 0.1) is 16.2 Å². The Bertz CT molecular complexity index is 992. The number of fused-ring (bicyclic) bond motifs is 3. The van der Waals surface area contributed by atoms with E-state index in [4.69, 9.17) is 11.6 Å². The lowest BCUT2D eigenvalue weighted by Gasteiger charge is -2.11. The summed E-state index contributed by atoms with van der Waals surface area (Å²) in [5, 5.41) is 13.0. The number of anilines is 2. The Kier molecular flexibility index (Phi) is 2.94. The van der Waals surface area contributed by atoms with Crippen LogP contribution in [0.4, 0.5) is 11.6 Å². The number of para-hydroxylation sites is 1. The third kappa shape index (κ3) is 2.07. The number of halogens is 1. The molecule has 0 unspecified atom stereocenters. The zero-order chi connectivity index (χ0) is 15.1. The number of aryl methyl sites for hydroxylation is 1. The minimum absolute atomic E-state index is 0.629. The topological polar surface area (TPSA) is 55.1 Å². The molecule has 0 saturated heterocycles. The van der Waals surface area contributed by atoms with Crippen molar-refractivity contribution in [3.63, 3.8) is 0 Å². The second kappa shape index (κ2) is 4.96. The van der Waals surface area contributed by atoms with Crippen molar-refractivity contribution in [3.05, 3.63) is 59.4 Å². The van der Waals surface area contributed by atoms with Gasteiger partial charge in [-0.2, -0.15) is 0 Å². The van der Waals surface area contributed by atoms with Gasteiger partial charge in [0.25, 0.3) is 0 Å². The van der Waals surface area contributed by atoms with Crippen LogP contribution < -0.4 is 5.32 Å². The van der Waals surface area contributed by atoms with Gasteiger partial charge < -0.3 is 5.32 Å². The van der Waals surface area contributed by atoms with Gasteiger partial charge in [0, 0.05) is 5.39 Å². The molecule has 0 aliphatic carbocycles. The van der Waals surface area contributed by atoms with Crippen LogP contribution in [-0.2, 0) is 0 Å². The van der Waals surface area contributed by atoms with Crippen molar-refractivity contribution < 1.29 is 0 Å². The number of nitrogens with zero attached hydrogens (tertiary/aromatic N) is 4. The maximum atomic E-state index is 6.29. The van der Waals surface area contributed by atoms with Gasteiger partial charge in [0.2, 0.25) is 5.95 Å². The Balaban J connectivity index is 1.91. The molecular weight excluding hydrogens is 298 g/mol. The van der Waals surface area contributed by atoms with Gasteiger partial charge in [-0.15, -0.1) is 10.2 Å². The predicted molar refractivity (Wildman–Crippen MR) is 87.8 cm³/mol. The summed E-state index contributed by atoms with van der Waals surface area (Å²) >= 11 is 6.29. The first-order valence-corrected chi connectivity index (χ1v) is 7.22. The molecule has 0 saturated carbocycles. The Morgan fingerprint density at radius 1 is 1.14 bits per heavy atom. The molecule has 0 atom stereocenters. The first-order valence-electron chi connectivity index (χ1n) is 6.84. The summed E-state index contributed by atoms with van der Waals surface area (Å²) in [7, 11) is 0. The molecule has 0 radical (unpaired) electrons. The maximum Gasteiger partial charge on any atom is 0.215 e. The van der Waals surface area contributed by atoms with Gasteiger partial charge in [-0.25, -0.2) is 4.98 Å². The highest BCUT2D eigenvalue weighted by Gasteiger charge is 2.10. The largest absolute Gasteiger partial charge is 0.324 e. The van der Waals surface area contributed by atoms with E-state index >= 15 is 0 Å². The highest BCUT2D eigenvalue weighted by molar-refractivity contribution is 6.33. The molecule has 0 bridgehead atoms. The van der Waals surface area contributed by atoms with Crippen LogP contribution >= 0.6 is 11.6 Å². The molecule has 108 valence electrons. The molecule has 2 heterocycles. The van der Waals surface area contributed by atoms with E-state index in [9.17, 15) is 0 Å². The zero-order valence-electron chi connectivity index (χ0n) is 11.8. The minimum Gasteiger partial charge on any atom is -0.324 e. The van der Waals surface area contributed by atoms with E-state index in [0.717, 1.165) is 27.8 Å². The molecule has 22 heavy (non-hydrogen) atoms. The fourth-order valence-corrected chi connectivity index (χ4v) is 2.71. The molecule has 5 nitrogen and oxygen atoms in total. The SMILES string of the molecule is Cc1ccc(Nc2nc3ccccc3c3nncn23)c(Cl)c1. The number of rotatable bonds is 2. The van der Waals surface area contributed by atoms with Gasteiger partial charge in [0.15, 0.2) is 5.65 Å². The summed E-state index contributed by atoms with van der Waals surface area (Å²) in [5.41, 5.74) is 3.52. The Morgan fingerprint density at radius 2 is 2.00 bits per heavy atom. The normalized spacial score (nSPS) is 11.2. The fraction of sp³-hybridized carbons (Fsp3) is 0.0625. The molecule has 0 fully saturated rings. The summed E-state index contributed by atoms with van der Waals surface area (Å²) in [5.74, 6) is 0.629. The Hall–Kier alpha value is -2.66. The van der Waals surface area contributed by atoms with Crippen molar-refractivity contribution in [2.45, 2.75) is 6.92 Å². The molecule has 4 aromatic rings. The molecule has 4 rings (SSSR count). The van der Waals surface area contributed by atoms with Crippen LogP contribution in [-0.4, -0.2) is 19.6 Å². The molecule has 1 N–H and O–H groups in total. The van der Waals surface area contributed by atoms with Gasteiger partial charge in [-0.05, 0) is 36.8 Å². The Labute approximate surface area is 131 Å². The van der Waals surface area contributed by atoms with Gasteiger partial charge in [0.1, 0.15) is 6.33 Å². The summed E-state index contributed by atoms with van der Waals surface area (Å²) in [6.07, 6.45) is 1.64. The second-order valence-corrected chi connectivity index (χ2v) is 5.49. The molecule has 0 aliphatic heterocycles. The maximum absolute atomic E-state index is 6.29. The van der Waals surface area contributed by atoms with Crippen molar-refractivity contribution in [2.24, 2.45) is 0 Å². The average molecular weight is 310 g/mol. The molecule has 0 spiro atoms. The van der Waals surface area contributed by atoms with Crippen LogP contribution in [0.5, 0.6) is 0 Å². The third-order valence-electron chi connectivity index (χ3n) is 3.52. The number of aromatic nitrogens is 4. The van der Waals surface area contributed by atoms with E-state index < -0.39 is 0 Å². The standard InChI is InChI=1S/C16H12ClN5/c1-10-6-7-14(12(17)8-10)20-16-19-13-5-3-2-4-11(13)15-21-18-9-22(15)16/h2-9H,1H3,(H,19,20). The zero-order valence-corrected chi connectivity index (χ0v) is 12.5. The molecule has 2 aromatic carbocycles. The quantitative estimate of drug-likeness (QED) is 0.608. The number of hydrogen-bond donors (Lipinski definition) is 1. The van der Waals surface area contributed by atoms with Crippen LogP contribution in [0.25, 0.3) is 16.6 Å². The number of benzene rings is 2. The minimum atomic E-state index is 0.629. The first kappa shape index (κ1) is 13.0. The molecule has 6 heteroatoms.